The molecule has 0 bridgehead atoms. The lowest BCUT2D eigenvalue weighted by molar-refractivity contribution is 0.647. The molecule has 0 spiro atoms. The van der Waals surface area contributed by atoms with Crippen LogP contribution in [0.1, 0.15) is 0 Å². The van der Waals surface area contributed by atoms with Crippen LogP contribution in [0.25, 0.3) is 0 Å². The maximum atomic E-state index is 5.62. The molecule has 0 saturated heterocycles. The van der Waals surface area contributed by atoms with Crippen LogP contribution in [0.15, 0.2) is 24.3 Å². The number of rotatable bonds is 2. The molecule has 0 atom stereocenters. The van der Waals surface area contributed by atoms with E-state index in [-0.39, 0.29) is 0 Å². The molecule has 0 aliphatic heterocycles. The van der Waals surface area contributed by atoms with Crippen LogP contribution in [0, 0.1) is 0 Å². The van der Waals surface area contributed by atoms with E-state index in [1.54, 1.807) is 24.3 Å². The van der Waals surface area contributed by atoms with Crippen LogP contribution in [0.2, 0.25) is 5.02 Å². The number of benzene rings is 1. The maximum Gasteiger partial charge on any atom is 0.140 e. The van der Waals surface area contributed by atoms with Gasteiger partial charge < -0.3 is 4.18 Å². The number of halogens is 1. The molecule has 2 nitrogen and oxygen atoms in total. The predicted molar refractivity (Wildman–Crippen MR) is 43.9 cm³/mol. The summed E-state index contributed by atoms with van der Waals surface area (Å²) in [5.74, 6) is 0.705. The van der Waals surface area contributed by atoms with Crippen LogP contribution >= 0.6 is 23.8 Å². The minimum absolute atomic E-state index is 0.689. The quantitative estimate of drug-likeness (QED) is 0.553. The summed E-state index contributed by atoms with van der Waals surface area (Å²) >= 11 is 6.44. The van der Waals surface area contributed by atoms with Crippen LogP contribution in [0.3, 0.4) is 0 Å². The number of nitrogens with two attached hydrogens (primary N) is 1. The Kier molecular flexibility index (Phi) is 2.86. The van der Waals surface area contributed by atoms with Gasteiger partial charge in [-0.2, -0.15) is 0 Å². The Morgan fingerprint density at radius 2 is 1.90 bits per heavy atom. The second-order valence-corrected chi connectivity index (χ2v) is 2.43. The fraction of sp³-hybridized carbons (Fsp3) is 0. The Morgan fingerprint density at radius 1 is 1.30 bits per heavy atom. The molecule has 54 valence electrons. The Bertz CT molecular complexity index is 201. The van der Waals surface area contributed by atoms with E-state index in [0.29, 0.717) is 10.8 Å². The van der Waals surface area contributed by atoms with Gasteiger partial charge in [0.2, 0.25) is 0 Å². The third-order valence-electron chi connectivity index (χ3n) is 0.958. The third-order valence-corrected chi connectivity index (χ3v) is 1.50. The molecule has 1 rings (SSSR count). The Labute approximate surface area is 68.7 Å². The molecule has 10 heavy (non-hydrogen) atoms. The second kappa shape index (κ2) is 3.71. The summed E-state index contributed by atoms with van der Waals surface area (Å²) in [5, 5.41) is 5.75. The molecule has 1 aromatic rings. The lowest BCUT2D eigenvalue weighted by atomic mass is 10.3. The van der Waals surface area contributed by atoms with Gasteiger partial charge in [0.1, 0.15) is 18.0 Å². The average molecular weight is 176 g/mol. The SMILES string of the molecule is NSOc1ccc(Cl)cc1. The summed E-state index contributed by atoms with van der Waals surface area (Å²) in [6.07, 6.45) is 0. The Balaban J connectivity index is 2.69. The highest BCUT2D eigenvalue weighted by Gasteiger charge is 1.90. The summed E-state index contributed by atoms with van der Waals surface area (Å²) in [6, 6.07) is 6.99. The molecule has 0 heterocycles. The van der Waals surface area contributed by atoms with Gasteiger partial charge >= 0.3 is 0 Å². The van der Waals surface area contributed by atoms with Gasteiger partial charge in [-0.15, -0.1) is 0 Å². The first-order valence-corrected chi connectivity index (χ1v) is 3.80. The van der Waals surface area contributed by atoms with E-state index in [2.05, 4.69) is 0 Å². The maximum absolute atomic E-state index is 5.62. The molecule has 4 heteroatoms. The minimum atomic E-state index is 0.689. The first-order valence-electron chi connectivity index (χ1n) is 2.62. The minimum Gasteiger partial charge on any atom is -0.410 e. The van der Waals surface area contributed by atoms with Crippen molar-refractivity contribution in [2.45, 2.75) is 0 Å². The highest BCUT2D eigenvalue weighted by atomic mass is 35.5. The molecule has 2 N–H and O–H groups in total. The summed E-state index contributed by atoms with van der Waals surface area (Å²) in [7, 11) is 0. The highest BCUT2D eigenvalue weighted by Crippen LogP contribution is 2.17. The van der Waals surface area contributed by atoms with Gasteiger partial charge in [0.05, 0.1) is 0 Å². The first kappa shape index (κ1) is 7.72. The zero-order chi connectivity index (χ0) is 7.40. The molecule has 0 aliphatic rings. The summed E-state index contributed by atoms with van der Waals surface area (Å²) in [6.45, 7) is 0. The van der Waals surface area contributed by atoms with E-state index in [4.69, 9.17) is 20.9 Å². The second-order valence-electron chi connectivity index (χ2n) is 1.63. The highest BCUT2D eigenvalue weighted by molar-refractivity contribution is 7.92. The topological polar surface area (TPSA) is 35.2 Å². The van der Waals surface area contributed by atoms with Gasteiger partial charge in [0.15, 0.2) is 0 Å². The number of hydrogen-bond donors (Lipinski definition) is 1. The molecular weight excluding hydrogens is 170 g/mol. The summed E-state index contributed by atoms with van der Waals surface area (Å²) < 4.78 is 4.90. The van der Waals surface area contributed by atoms with Crippen LogP contribution in [0.5, 0.6) is 5.75 Å². The standard InChI is InChI=1S/C6H6ClNOS/c7-5-1-3-6(4-2-5)9-10-8/h1-4H,8H2. The van der Waals surface area contributed by atoms with E-state index in [9.17, 15) is 0 Å². The zero-order valence-corrected chi connectivity index (χ0v) is 6.65. The fourth-order valence-corrected chi connectivity index (χ4v) is 0.894. The van der Waals surface area contributed by atoms with Gasteiger partial charge in [-0.05, 0) is 24.3 Å². The largest absolute Gasteiger partial charge is 0.410 e. The Morgan fingerprint density at radius 3 is 2.40 bits per heavy atom. The zero-order valence-electron chi connectivity index (χ0n) is 5.08. The summed E-state index contributed by atoms with van der Waals surface area (Å²) in [5.41, 5.74) is 0. The molecule has 0 fully saturated rings. The normalized spacial score (nSPS) is 9.40. The molecule has 0 amide bonds. The predicted octanol–water partition coefficient (Wildman–Crippen LogP) is 2.24. The molecule has 0 unspecified atom stereocenters. The molecule has 0 aliphatic carbocycles. The van der Waals surface area contributed by atoms with Gasteiger partial charge in [0.25, 0.3) is 0 Å². The monoisotopic (exact) mass is 175 g/mol. The molecule has 0 aromatic heterocycles. The van der Waals surface area contributed by atoms with Gasteiger partial charge in [0, 0.05) is 5.02 Å². The molecule has 1 aromatic carbocycles. The van der Waals surface area contributed by atoms with Crippen LogP contribution in [-0.4, -0.2) is 0 Å². The lowest BCUT2D eigenvalue weighted by Crippen LogP contribution is -1.85. The van der Waals surface area contributed by atoms with Gasteiger partial charge in [-0.3, -0.25) is 0 Å². The lowest BCUT2D eigenvalue weighted by Gasteiger charge is -1.97. The fourth-order valence-electron chi connectivity index (χ4n) is 0.546. The van der Waals surface area contributed by atoms with Crippen LogP contribution < -0.4 is 9.32 Å². The van der Waals surface area contributed by atoms with E-state index in [0.717, 1.165) is 12.2 Å². The van der Waals surface area contributed by atoms with Crippen molar-refractivity contribution in [2.75, 3.05) is 0 Å². The molecule has 0 saturated carbocycles. The molecular formula is C6H6ClNOS. The van der Waals surface area contributed by atoms with Gasteiger partial charge in [-0.1, -0.05) is 11.6 Å². The van der Waals surface area contributed by atoms with Gasteiger partial charge in [-0.25, -0.2) is 5.14 Å². The van der Waals surface area contributed by atoms with E-state index >= 15 is 0 Å². The first-order chi connectivity index (χ1) is 4.83. The van der Waals surface area contributed by atoms with Crippen molar-refractivity contribution in [3.63, 3.8) is 0 Å². The summed E-state index contributed by atoms with van der Waals surface area (Å²) in [4.78, 5) is 0. The van der Waals surface area contributed by atoms with Crippen molar-refractivity contribution < 1.29 is 4.18 Å². The van der Waals surface area contributed by atoms with Crippen molar-refractivity contribution in [3.05, 3.63) is 29.3 Å². The van der Waals surface area contributed by atoms with Crippen LogP contribution in [0.4, 0.5) is 0 Å². The smallest absolute Gasteiger partial charge is 0.140 e. The van der Waals surface area contributed by atoms with Crippen molar-refractivity contribution in [1.82, 2.24) is 0 Å². The van der Waals surface area contributed by atoms with E-state index < -0.39 is 0 Å². The van der Waals surface area contributed by atoms with Crippen molar-refractivity contribution in [2.24, 2.45) is 5.14 Å². The Hall–Kier alpha value is -0.380. The van der Waals surface area contributed by atoms with Crippen LogP contribution in [-0.2, 0) is 0 Å². The van der Waals surface area contributed by atoms with E-state index in [1.165, 1.54) is 0 Å². The van der Waals surface area contributed by atoms with Crippen molar-refractivity contribution in [1.29, 1.82) is 0 Å². The van der Waals surface area contributed by atoms with E-state index in [1.807, 2.05) is 0 Å². The van der Waals surface area contributed by atoms with Crippen molar-refractivity contribution >= 4 is 23.8 Å². The molecule has 0 radical (unpaired) electrons. The van der Waals surface area contributed by atoms with Crippen molar-refractivity contribution in [3.8, 4) is 5.75 Å². The average Bonchev–Trinajstić information content (AvgIpc) is 1.95. The number of hydrogen-bond acceptors (Lipinski definition) is 3. The third kappa shape index (κ3) is 2.10.